The summed E-state index contributed by atoms with van der Waals surface area (Å²) in [6.07, 6.45) is 0. The highest BCUT2D eigenvalue weighted by atomic mass is 15.3. The second-order valence-corrected chi connectivity index (χ2v) is 5.92. The Bertz CT molecular complexity index is 430. The summed E-state index contributed by atoms with van der Waals surface area (Å²) in [7, 11) is 4.27. The molecule has 106 valence electrons. The number of aryl methyl sites for hydroxylation is 2. The third-order valence-corrected chi connectivity index (χ3v) is 4.41. The van der Waals surface area contributed by atoms with Crippen molar-refractivity contribution < 1.29 is 0 Å². The minimum absolute atomic E-state index is 0.549. The van der Waals surface area contributed by atoms with E-state index in [0.29, 0.717) is 12.1 Å². The fourth-order valence-electron chi connectivity index (χ4n) is 2.81. The van der Waals surface area contributed by atoms with E-state index in [1.54, 1.807) is 0 Å². The van der Waals surface area contributed by atoms with Crippen LogP contribution in [0.1, 0.15) is 18.1 Å². The maximum Gasteiger partial charge on any atom is 0.0542 e. The molecule has 3 nitrogen and oxygen atoms in total. The molecule has 19 heavy (non-hydrogen) atoms. The highest BCUT2D eigenvalue weighted by molar-refractivity contribution is 5.52. The number of hydrogen-bond donors (Lipinski definition) is 1. The van der Waals surface area contributed by atoms with Gasteiger partial charge in [-0.2, -0.15) is 0 Å². The van der Waals surface area contributed by atoms with Crippen molar-refractivity contribution in [3.8, 4) is 0 Å². The van der Waals surface area contributed by atoms with E-state index in [0.717, 1.165) is 19.6 Å². The van der Waals surface area contributed by atoms with Crippen LogP contribution >= 0.6 is 0 Å². The third-order valence-electron chi connectivity index (χ3n) is 4.41. The fraction of sp³-hybridized carbons (Fsp3) is 0.625. The molecule has 3 heteroatoms. The molecule has 1 fully saturated rings. The van der Waals surface area contributed by atoms with Crippen LogP contribution < -0.4 is 10.2 Å². The van der Waals surface area contributed by atoms with Gasteiger partial charge >= 0.3 is 0 Å². The summed E-state index contributed by atoms with van der Waals surface area (Å²) in [5.74, 6) is 0. The van der Waals surface area contributed by atoms with Gasteiger partial charge in [-0.3, -0.25) is 4.90 Å². The summed E-state index contributed by atoms with van der Waals surface area (Å²) < 4.78 is 0. The first kappa shape index (κ1) is 14.4. The van der Waals surface area contributed by atoms with E-state index in [1.165, 1.54) is 16.8 Å². The number of anilines is 1. The van der Waals surface area contributed by atoms with Crippen LogP contribution in [0, 0.1) is 13.8 Å². The van der Waals surface area contributed by atoms with Crippen LogP contribution in [0.25, 0.3) is 0 Å². The first-order chi connectivity index (χ1) is 9.02. The van der Waals surface area contributed by atoms with Crippen molar-refractivity contribution in [3.63, 3.8) is 0 Å². The molecule has 0 amide bonds. The Balaban J connectivity index is 2.25. The molecule has 1 heterocycles. The van der Waals surface area contributed by atoms with Crippen LogP contribution in [0.4, 0.5) is 5.69 Å². The summed E-state index contributed by atoms with van der Waals surface area (Å²) in [5, 5.41) is 3.33. The van der Waals surface area contributed by atoms with E-state index in [4.69, 9.17) is 0 Å². The van der Waals surface area contributed by atoms with Crippen molar-refractivity contribution in [2.45, 2.75) is 32.9 Å². The molecule has 0 aliphatic carbocycles. The van der Waals surface area contributed by atoms with E-state index in [1.807, 2.05) is 7.05 Å². The van der Waals surface area contributed by atoms with Crippen LogP contribution in [-0.2, 0) is 0 Å². The fourth-order valence-corrected chi connectivity index (χ4v) is 2.81. The Kier molecular flexibility index (Phi) is 4.48. The van der Waals surface area contributed by atoms with Crippen LogP contribution in [0.5, 0.6) is 0 Å². The summed E-state index contributed by atoms with van der Waals surface area (Å²) in [4.78, 5) is 5.02. The van der Waals surface area contributed by atoms with E-state index in [2.05, 4.69) is 61.1 Å². The topological polar surface area (TPSA) is 18.5 Å². The molecule has 1 saturated heterocycles. The Morgan fingerprint density at radius 2 is 1.95 bits per heavy atom. The highest BCUT2D eigenvalue weighted by Crippen LogP contribution is 2.24. The smallest absolute Gasteiger partial charge is 0.0542 e. The molecule has 0 aromatic heterocycles. The largest absolute Gasteiger partial charge is 0.364 e. The molecule has 1 aromatic rings. The zero-order chi connectivity index (χ0) is 14.0. The van der Waals surface area contributed by atoms with E-state index in [-0.39, 0.29) is 0 Å². The van der Waals surface area contributed by atoms with E-state index < -0.39 is 0 Å². The van der Waals surface area contributed by atoms with Gasteiger partial charge < -0.3 is 10.2 Å². The average molecular weight is 261 g/mol. The maximum absolute atomic E-state index is 3.33. The molecule has 0 spiro atoms. The van der Waals surface area contributed by atoms with Crippen LogP contribution in [0.3, 0.4) is 0 Å². The normalized spacial score (nSPS) is 24.8. The van der Waals surface area contributed by atoms with Crippen molar-refractivity contribution in [3.05, 3.63) is 29.3 Å². The molecule has 0 radical (unpaired) electrons. The van der Waals surface area contributed by atoms with Crippen molar-refractivity contribution in [1.82, 2.24) is 10.2 Å². The van der Waals surface area contributed by atoms with Crippen molar-refractivity contribution in [2.24, 2.45) is 0 Å². The quantitative estimate of drug-likeness (QED) is 0.898. The van der Waals surface area contributed by atoms with Gasteiger partial charge in [-0.15, -0.1) is 0 Å². The number of likely N-dealkylation sites (N-methyl/N-ethyl adjacent to an activating group) is 2. The second kappa shape index (κ2) is 5.93. The monoisotopic (exact) mass is 261 g/mol. The summed E-state index contributed by atoms with van der Waals surface area (Å²) >= 11 is 0. The highest BCUT2D eigenvalue weighted by Gasteiger charge is 2.29. The van der Waals surface area contributed by atoms with Gasteiger partial charge in [0.2, 0.25) is 0 Å². The Hall–Kier alpha value is -1.06. The molecule has 1 N–H and O–H groups in total. The lowest BCUT2D eigenvalue weighted by molar-refractivity contribution is 0.199. The first-order valence-electron chi connectivity index (χ1n) is 7.21. The van der Waals surface area contributed by atoms with Gasteiger partial charge in [0.15, 0.2) is 0 Å². The Morgan fingerprint density at radius 1 is 1.21 bits per heavy atom. The van der Waals surface area contributed by atoms with Gasteiger partial charge in [-0.1, -0.05) is 6.07 Å². The number of piperazine rings is 1. The minimum Gasteiger partial charge on any atom is -0.364 e. The standard InChI is InChI=1S/C16H27N3/c1-12-6-7-15(8-13(12)2)19-10-14(3)18(5)11-16(19)9-17-4/h6-8,14,16-17H,9-11H2,1-5H3. The molecule has 2 rings (SSSR count). The predicted molar refractivity (Wildman–Crippen MR) is 83.1 cm³/mol. The SMILES string of the molecule is CNCC1CN(C)C(C)CN1c1ccc(C)c(C)c1. The number of rotatable bonds is 3. The van der Waals surface area contributed by atoms with E-state index >= 15 is 0 Å². The lowest BCUT2D eigenvalue weighted by atomic mass is 10.0. The third kappa shape index (κ3) is 3.10. The van der Waals surface area contributed by atoms with Gasteiger partial charge in [-0.05, 0) is 58.1 Å². The Labute approximate surface area is 117 Å². The molecule has 1 aromatic carbocycles. The van der Waals surface area contributed by atoms with E-state index in [9.17, 15) is 0 Å². The number of hydrogen-bond acceptors (Lipinski definition) is 3. The van der Waals surface area contributed by atoms with Gasteiger partial charge in [0.25, 0.3) is 0 Å². The number of benzene rings is 1. The molecule has 2 atom stereocenters. The zero-order valence-corrected chi connectivity index (χ0v) is 12.9. The van der Waals surface area contributed by atoms with Crippen LogP contribution in [0.15, 0.2) is 18.2 Å². The lowest BCUT2D eigenvalue weighted by Gasteiger charge is -2.45. The van der Waals surface area contributed by atoms with Crippen molar-refractivity contribution in [2.75, 3.05) is 38.6 Å². The molecule has 0 bridgehead atoms. The summed E-state index contributed by atoms with van der Waals surface area (Å²) in [6, 6.07) is 7.99. The zero-order valence-electron chi connectivity index (χ0n) is 12.9. The summed E-state index contributed by atoms with van der Waals surface area (Å²) in [6.45, 7) is 9.94. The number of nitrogens with zero attached hydrogens (tertiary/aromatic N) is 2. The van der Waals surface area contributed by atoms with Gasteiger partial charge in [0, 0.05) is 31.4 Å². The summed E-state index contributed by atoms with van der Waals surface area (Å²) in [5.41, 5.74) is 4.12. The predicted octanol–water partition coefficient (Wildman–Crippen LogP) is 2.03. The van der Waals surface area contributed by atoms with Crippen LogP contribution in [0.2, 0.25) is 0 Å². The average Bonchev–Trinajstić information content (AvgIpc) is 2.37. The molecule has 1 aliphatic heterocycles. The molecule has 2 unspecified atom stereocenters. The van der Waals surface area contributed by atoms with Gasteiger partial charge in [0.05, 0.1) is 6.04 Å². The molecular weight excluding hydrogens is 234 g/mol. The van der Waals surface area contributed by atoms with Crippen molar-refractivity contribution in [1.29, 1.82) is 0 Å². The molecular formula is C16H27N3. The van der Waals surface area contributed by atoms with Gasteiger partial charge in [-0.25, -0.2) is 0 Å². The first-order valence-corrected chi connectivity index (χ1v) is 7.21. The van der Waals surface area contributed by atoms with Crippen molar-refractivity contribution >= 4 is 5.69 Å². The minimum atomic E-state index is 0.549. The van der Waals surface area contributed by atoms with Crippen LogP contribution in [-0.4, -0.2) is 50.7 Å². The lowest BCUT2D eigenvalue weighted by Crippen LogP contribution is -2.59. The molecule has 0 saturated carbocycles. The maximum atomic E-state index is 3.33. The molecule has 1 aliphatic rings. The number of nitrogens with one attached hydrogen (secondary N) is 1. The van der Waals surface area contributed by atoms with Gasteiger partial charge in [0.1, 0.15) is 0 Å². The Morgan fingerprint density at radius 3 is 2.58 bits per heavy atom. The second-order valence-electron chi connectivity index (χ2n) is 5.92.